The molecule has 0 atom stereocenters. The Hall–Kier alpha value is -1.85. The number of nitrogens with two attached hydrogens (primary N) is 1. The number of nitrogens with zero attached hydrogens (tertiary/aromatic N) is 1. The van der Waals surface area contributed by atoms with Gasteiger partial charge in [0.05, 0.1) is 11.3 Å². The van der Waals surface area contributed by atoms with E-state index in [1.807, 2.05) is 0 Å². The van der Waals surface area contributed by atoms with E-state index in [0.29, 0.717) is 13.1 Å². The molecule has 6 heteroatoms. The molecule has 4 nitrogen and oxygen atoms in total. The van der Waals surface area contributed by atoms with E-state index in [2.05, 4.69) is 0 Å². The van der Waals surface area contributed by atoms with E-state index in [0.717, 1.165) is 25.0 Å². The lowest BCUT2D eigenvalue weighted by atomic mass is 10.1. The molecular weight excluding hydrogens is 242 g/mol. The topological polar surface area (TPSA) is 55.6 Å². The van der Waals surface area contributed by atoms with E-state index in [1.54, 1.807) is 4.90 Å². The van der Waals surface area contributed by atoms with Crippen molar-refractivity contribution in [3.8, 4) is 5.75 Å². The van der Waals surface area contributed by atoms with Gasteiger partial charge in [0.2, 0.25) is 6.86 Å². The molecule has 1 saturated heterocycles. The molecule has 0 radical (unpaired) electrons. The molecule has 1 aliphatic rings. The first kappa shape index (κ1) is 12.6. The first-order valence-corrected chi connectivity index (χ1v) is 5.70. The molecule has 1 aliphatic heterocycles. The predicted octanol–water partition coefficient (Wildman–Crippen LogP) is 1.95. The highest BCUT2D eigenvalue weighted by molar-refractivity contribution is 5.97. The zero-order valence-electron chi connectivity index (χ0n) is 9.79. The molecule has 0 aliphatic carbocycles. The maximum absolute atomic E-state index is 13.4. The van der Waals surface area contributed by atoms with Gasteiger partial charge in [-0.05, 0) is 18.9 Å². The third-order valence-electron chi connectivity index (χ3n) is 2.93. The van der Waals surface area contributed by atoms with Crippen LogP contribution in [0.5, 0.6) is 5.75 Å². The molecule has 0 spiro atoms. The van der Waals surface area contributed by atoms with Gasteiger partial charge in [0.25, 0.3) is 5.91 Å². The van der Waals surface area contributed by atoms with Gasteiger partial charge < -0.3 is 15.4 Å². The van der Waals surface area contributed by atoms with Crippen molar-refractivity contribution in [3.63, 3.8) is 0 Å². The van der Waals surface area contributed by atoms with Crippen LogP contribution in [0.2, 0.25) is 0 Å². The van der Waals surface area contributed by atoms with Gasteiger partial charge in [0, 0.05) is 19.2 Å². The minimum atomic E-state index is -1.09. The molecule has 1 aromatic carbocycles. The van der Waals surface area contributed by atoms with Gasteiger partial charge in [-0.25, -0.2) is 8.78 Å². The smallest absolute Gasteiger partial charge is 0.257 e. The van der Waals surface area contributed by atoms with Gasteiger partial charge in [-0.2, -0.15) is 0 Å². The van der Waals surface area contributed by atoms with Crippen LogP contribution < -0.4 is 10.5 Å². The summed E-state index contributed by atoms with van der Waals surface area (Å²) in [4.78, 5) is 13.7. The highest BCUT2D eigenvalue weighted by Gasteiger charge is 2.24. The third kappa shape index (κ3) is 2.37. The number of halogens is 2. The summed E-state index contributed by atoms with van der Waals surface area (Å²) in [6.45, 7) is 0.158. The lowest BCUT2D eigenvalue weighted by Crippen LogP contribution is -2.28. The summed E-state index contributed by atoms with van der Waals surface area (Å²) in [6.07, 6.45) is 1.84. The van der Waals surface area contributed by atoms with Gasteiger partial charge in [-0.1, -0.05) is 0 Å². The number of carbonyl (C=O) groups excluding carboxylic acids is 1. The molecule has 1 heterocycles. The van der Waals surface area contributed by atoms with Crippen molar-refractivity contribution in [1.29, 1.82) is 0 Å². The van der Waals surface area contributed by atoms with Gasteiger partial charge in [0.15, 0.2) is 0 Å². The van der Waals surface area contributed by atoms with E-state index >= 15 is 0 Å². The van der Waals surface area contributed by atoms with Crippen LogP contribution in [0.1, 0.15) is 23.2 Å². The Morgan fingerprint density at radius 1 is 1.39 bits per heavy atom. The standard InChI is InChI=1S/C12H14F2N2O2/c13-7-18-11-6-10(15)9(14)5-8(11)12(17)16-3-1-2-4-16/h5-6H,1-4,7,15H2. The summed E-state index contributed by atoms with van der Waals surface area (Å²) < 4.78 is 30.3. The number of hydrogen-bond acceptors (Lipinski definition) is 3. The molecule has 0 saturated carbocycles. The summed E-state index contributed by atoms with van der Waals surface area (Å²) in [5, 5.41) is 0. The number of carbonyl (C=O) groups is 1. The van der Waals surface area contributed by atoms with Crippen LogP contribution in [-0.4, -0.2) is 30.8 Å². The van der Waals surface area contributed by atoms with Crippen LogP contribution in [-0.2, 0) is 0 Å². The van der Waals surface area contributed by atoms with E-state index in [9.17, 15) is 13.6 Å². The summed E-state index contributed by atoms with van der Waals surface area (Å²) in [5.41, 5.74) is 5.22. The number of amides is 1. The number of alkyl halides is 1. The molecule has 18 heavy (non-hydrogen) atoms. The first-order valence-electron chi connectivity index (χ1n) is 5.70. The number of hydrogen-bond donors (Lipinski definition) is 1. The third-order valence-corrected chi connectivity index (χ3v) is 2.93. The number of likely N-dealkylation sites (tertiary alicyclic amines) is 1. The van der Waals surface area contributed by atoms with Crippen molar-refractivity contribution in [2.45, 2.75) is 12.8 Å². The van der Waals surface area contributed by atoms with Gasteiger partial charge in [0.1, 0.15) is 11.6 Å². The minimum Gasteiger partial charge on any atom is -0.462 e. The zero-order valence-corrected chi connectivity index (χ0v) is 9.79. The van der Waals surface area contributed by atoms with Gasteiger partial charge in [-0.15, -0.1) is 0 Å². The van der Waals surface area contributed by atoms with Crippen molar-refractivity contribution in [2.75, 3.05) is 25.7 Å². The predicted molar refractivity (Wildman–Crippen MR) is 62.6 cm³/mol. The number of nitrogen functional groups attached to an aromatic ring is 1. The minimum absolute atomic E-state index is 0.0150. The largest absolute Gasteiger partial charge is 0.462 e. The quantitative estimate of drug-likeness (QED) is 0.841. The lowest BCUT2D eigenvalue weighted by Gasteiger charge is -2.17. The fourth-order valence-electron chi connectivity index (χ4n) is 2.01. The lowest BCUT2D eigenvalue weighted by molar-refractivity contribution is 0.0785. The summed E-state index contributed by atoms with van der Waals surface area (Å²) >= 11 is 0. The number of benzene rings is 1. The fraction of sp³-hybridized carbons (Fsp3) is 0.417. The SMILES string of the molecule is Nc1cc(OCF)c(C(=O)N2CCCC2)cc1F. The normalized spacial score (nSPS) is 14.9. The Morgan fingerprint density at radius 2 is 2.06 bits per heavy atom. The van der Waals surface area contributed by atoms with Crippen LogP contribution >= 0.6 is 0 Å². The molecule has 1 amide bonds. The highest BCUT2D eigenvalue weighted by Crippen LogP contribution is 2.27. The Balaban J connectivity index is 2.34. The molecule has 2 rings (SSSR count). The summed E-state index contributed by atoms with van der Waals surface area (Å²) in [5.74, 6) is -1.08. The number of rotatable bonds is 3. The van der Waals surface area contributed by atoms with E-state index in [1.165, 1.54) is 0 Å². The van der Waals surface area contributed by atoms with Crippen LogP contribution in [0, 0.1) is 5.82 Å². The van der Waals surface area contributed by atoms with Crippen molar-refractivity contribution >= 4 is 11.6 Å². The summed E-state index contributed by atoms with van der Waals surface area (Å²) in [7, 11) is 0. The Morgan fingerprint density at radius 3 is 2.67 bits per heavy atom. The molecule has 1 fully saturated rings. The van der Waals surface area contributed by atoms with Crippen LogP contribution in [0.15, 0.2) is 12.1 Å². The average Bonchev–Trinajstić information content (AvgIpc) is 2.86. The van der Waals surface area contributed by atoms with Crippen molar-refractivity contribution in [3.05, 3.63) is 23.5 Å². The van der Waals surface area contributed by atoms with Crippen molar-refractivity contribution < 1.29 is 18.3 Å². The first-order chi connectivity index (χ1) is 8.63. The van der Waals surface area contributed by atoms with Crippen LogP contribution in [0.3, 0.4) is 0 Å². The van der Waals surface area contributed by atoms with E-state index < -0.39 is 12.7 Å². The molecular formula is C12H14F2N2O2. The molecule has 2 N–H and O–H groups in total. The number of anilines is 1. The van der Waals surface area contributed by atoms with Gasteiger partial charge in [-0.3, -0.25) is 4.79 Å². The van der Waals surface area contributed by atoms with E-state index in [-0.39, 0.29) is 22.9 Å². The average molecular weight is 256 g/mol. The molecule has 0 bridgehead atoms. The molecule has 0 aromatic heterocycles. The molecule has 98 valence electrons. The summed E-state index contributed by atoms with van der Waals surface area (Å²) in [6, 6.07) is 2.14. The molecule has 0 unspecified atom stereocenters. The maximum Gasteiger partial charge on any atom is 0.257 e. The van der Waals surface area contributed by atoms with Gasteiger partial charge >= 0.3 is 0 Å². The fourth-order valence-corrected chi connectivity index (χ4v) is 2.01. The number of ether oxygens (including phenoxy) is 1. The monoisotopic (exact) mass is 256 g/mol. The zero-order chi connectivity index (χ0) is 13.1. The Labute approximate surface area is 103 Å². The Bertz CT molecular complexity index is 460. The second kappa shape index (κ2) is 5.20. The van der Waals surface area contributed by atoms with Crippen LogP contribution in [0.25, 0.3) is 0 Å². The van der Waals surface area contributed by atoms with Crippen molar-refractivity contribution in [1.82, 2.24) is 4.90 Å². The second-order valence-corrected chi connectivity index (χ2v) is 4.12. The van der Waals surface area contributed by atoms with Crippen molar-refractivity contribution in [2.24, 2.45) is 0 Å². The second-order valence-electron chi connectivity index (χ2n) is 4.12. The van der Waals surface area contributed by atoms with Crippen LogP contribution in [0.4, 0.5) is 14.5 Å². The van der Waals surface area contributed by atoms with E-state index in [4.69, 9.17) is 10.5 Å². The maximum atomic E-state index is 13.4. The highest BCUT2D eigenvalue weighted by atomic mass is 19.1. The Kier molecular flexibility index (Phi) is 3.64. The molecule has 1 aromatic rings.